The number of piperidine rings is 1. The third kappa shape index (κ3) is 3.74. The zero-order chi connectivity index (χ0) is 18.7. The van der Waals surface area contributed by atoms with Crippen molar-refractivity contribution in [2.24, 2.45) is 5.92 Å². The van der Waals surface area contributed by atoms with Crippen molar-refractivity contribution >= 4 is 11.8 Å². The summed E-state index contributed by atoms with van der Waals surface area (Å²) >= 11 is 0. The molecule has 2 amide bonds. The lowest BCUT2D eigenvalue weighted by atomic mass is 9.78. The molecule has 1 aliphatic heterocycles. The summed E-state index contributed by atoms with van der Waals surface area (Å²) in [7, 11) is 0. The van der Waals surface area contributed by atoms with Crippen molar-refractivity contribution in [3.8, 4) is 0 Å². The van der Waals surface area contributed by atoms with Crippen LogP contribution in [0.5, 0.6) is 0 Å². The molecule has 1 aromatic carbocycles. The van der Waals surface area contributed by atoms with Crippen LogP contribution in [-0.4, -0.2) is 36.3 Å². The summed E-state index contributed by atoms with van der Waals surface area (Å²) in [6.45, 7) is 2.85. The van der Waals surface area contributed by atoms with Crippen LogP contribution in [0, 0.1) is 17.6 Å². The zero-order valence-corrected chi connectivity index (χ0v) is 15.2. The highest BCUT2D eigenvalue weighted by Crippen LogP contribution is 2.42. The third-order valence-electron chi connectivity index (χ3n) is 5.89. The lowest BCUT2D eigenvalue weighted by molar-refractivity contribution is -0.134. The Kier molecular flexibility index (Phi) is 5.58. The number of nitrogens with one attached hydrogen (secondary N) is 1. The van der Waals surface area contributed by atoms with Gasteiger partial charge in [-0.15, -0.1) is 0 Å². The Morgan fingerprint density at radius 3 is 2.46 bits per heavy atom. The van der Waals surface area contributed by atoms with Crippen molar-refractivity contribution in [3.63, 3.8) is 0 Å². The molecule has 1 N–H and O–H groups in total. The average molecular weight is 364 g/mol. The predicted octanol–water partition coefficient (Wildman–Crippen LogP) is 3.15. The lowest BCUT2D eigenvalue weighted by Gasteiger charge is -2.34. The number of benzene rings is 1. The molecule has 2 aliphatic rings. The molecular formula is C20H26F2N2O2. The molecule has 0 aromatic heterocycles. The Morgan fingerprint density at radius 2 is 1.85 bits per heavy atom. The smallest absolute Gasteiger partial charge is 0.224 e. The van der Waals surface area contributed by atoms with Gasteiger partial charge in [-0.2, -0.15) is 0 Å². The number of rotatable bonds is 4. The van der Waals surface area contributed by atoms with E-state index >= 15 is 0 Å². The molecule has 3 rings (SSSR count). The second-order valence-corrected chi connectivity index (χ2v) is 7.61. The first kappa shape index (κ1) is 18.8. The van der Waals surface area contributed by atoms with Gasteiger partial charge in [-0.3, -0.25) is 9.59 Å². The SMILES string of the molecule is CC(=O)N1CCC[C@H](C(=O)NCC2(c3c(F)cccc3F)CCCC2)C1. The van der Waals surface area contributed by atoms with Crippen LogP contribution in [0.1, 0.15) is 51.0 Å². The molecule has 4 nitrogen and oxygen atoms in total. The highest BCUT2D eigenvalue weighted by molar-refractivity contribution is 5.80. The monoisotopic (exact) mass is 364 g/mol. The highest BCUT2D eigenvalue weighted by atomic mass is 19.1. The van der Waals surface area contributed by atoms with Crippen LogP contribution in [0.4, 0.5) is 8.78 Å². The van der Waals surface area contributed by atoms with E-state index in [1.807, 2.05) is 0 Å². The highest BCUT2D eigenvalue weighted by Gasteiger charge is 2.40. The van der Waals surface area contributed by atoms with Gasteiger partial charge in [0, 0.05) is 37.5 Å². The summed E-state index contributed by atoms with van der Waals surface area (Å²) in [5.41, 5.74) is -0.577. The van der Waals surface area contributed by atoms with E-state index in [-0.39, 0.29) is 29.8 Å². The second-order valence-electron chi connectivity index (χ2n) is 7.61. The molecule has 0 bridgehead atoms. The van der Waals surface area contributed by atoms with Gasteiger partial charge < -0.3 is 10.2 Å². The van der Waals surface area contributed by atoms with Gasteiger partial charge in [-0.05, 0) is 37.8 Å². The van der Waals surface area contributed by atoms with Gasteiger partial charge in [0.2, 0.25) is 11.8 Å². The molecule has 1 saturated heterocycles. The fraction of sp³-hybridized carbons (Fsp3) is 0.600. The first-order valence-electron chi connectivity index (χ1n) is 9.41. The van der Waals surface area contributed by atoms with E-state index < -0.39 is 17.0 Å². The molecule has 1 saturated carbocycles. The fourth-order valence-corrected chi connectivity index (χ4v) is 4.45. The number of hydrogen-bond acceptors (Lipinski definition) is 2. The predicted molar refractivity (Wildman–Crippen MR) is 94.5 cm³/mol. The number of amides is 2. The Morgan fingerprint density at radius 1 is 1.19 bits per heavy atom. The van der Waals surface area contributed by atoms with Crippen molar-refractivity contribution in [3.05, 3.63) is 35.4 Å². The summed E-state index contributed by atoms with van der Waals surface area (Å²) < 4.78 is 28.7. The first-order chi connectivity index (χ1) is 12.4. The Hall–Kier alpha value is -1.98. The number of nitrogens with zero attached hydrogens (tertiary/aromatic N) is 1. The Bertz CT molecular complexity index is 666. The van der Waals surface area contributed by atoms with E-state index in [2.05, 4.69) is 5.32 Å². The maximum Gasteiger partial charge on any atom is 0.224 e. The lowest BCUT2D eigenvalue weighted by Crippen LogP contribution is -2.47. The number of carbonyl (C=O) groups excluding carboxylic acids is 2. The van der Waals surface area contributed by atoms with Gasteiger partial charge in [-0.1, -0.05) is 18.9 Å². The topological polar surface area (TPSA) is 49.4 Å². The van der Waals surface area contributed by atoms with E-state index in [0.29, 0.717) is 25.9 Å². The summed E-state index contributed by atoms with van der Waals surface area (Å²) in [6.07, 6.45) is 4.64. The molecule has 0 unspecified atom stereocenters. The third-order valence-corrected chi connectivity index (χ3v) is 5.89. The summed E-state index contributed by atoms with van der Waals surface area (Å²) in [6, 6.07) is 3.94. The number of halogens is 2. The van der Waals surface area contributed by atoms with Crippen LogP contribution < -0.4 is 5.32 Å². The number of likely N-dealkylation sites (tertiary alicyclic amines) is 1. The van der Waals surface area contributed by atoms with Crippen LogP contribution in [0.3, 0.4) is 0 Å². The van der Waals surface area contributed by atoms with Crippen molar-refractivity contribution < 1.29 is 18.4 Å². The van der Waals surface area contributed by atoms with Gasteiger partial charge in [0.25, 0.3) is 0 Å². The Labute approximate surface area is 152 Å². The van der Waals surface area contributed by atoms with E-state index in [9.17, 15) is 18.4 Å². The minimum Gasteiger partial charge on any atom is -0.355 e. The van der Waals surface area contributed by atoms with Gasteiger partial charge >= 0.3 is 0 Å². The Balaban J connectivity index is 1.72. The van der Waals surface area contributed by atoms with E-state index in [1.165, 1.54) is 25.1 Å². The summed E-state index contributed by atoms with van der Waals surface area (Å²) in [5.74, 6) is -1.48. The van der Waals surface area contributed by atoms with Crippen molar-refractivity contribution in [2.75, 3.05) is 19.6 Å². The van der Waals surface area contributed by atoms with Crippen molar-refractivity contribution in [2.45, 2.75) is 50.9 Å². The van der Waals surface area contributed by atoms with E-state index in [0.717, 1.165) is 25.7 Å². The molecule has 2 fully saturated rings. The van der Waals surface area contributed by atoms with E-state index in [1.54, 1.807) is 4.90 Å². The fourth-order valence-electron chi connectivity index (χ4n) is 4.45. The van der Waals surface area contributed by atoms with Crippen molar-refractivity contribution in [1.82, 2.24) is 10.2 Å². The molecule has 1 aromatic rings. The maximum absolute atomic E-state index is 14.4. The van der Waals surface area contributed by atoms with Gasteiger partial charge in [0.1, 0.15) is 11.6 Å². The quantitative estimate of drug-likeness (QED) is 0.892. The van der Waals surface area contributed by atoms with Gasteiger partial charge in [0.05, 0.1) is 5.92 Å². The molecule has 26 heavy (non-hydrogen) atoms. The molecule has 0 spiro atoms. The van der Waals surface area contributed by atoms with Crippen LogP contribution in [0.25, 0.3) is 0 Å². The van der Waals surface area contributed by atoms with Crippen LogP contribution in [-0.2, 0) is 15.0 Å². The minimum atomic E-state index is -0.681. The average Bonchev–Trinajstić information content (AvgIpc) is 3.09. The molecule has 142 valence electrons. The molecule has 1 atom stereocenters. The standard InChI is InChI=1S/C20H26F2N2O2/c1-14(25)24-11-5-6-15(12-24)19(26)23-13-20(9-2-3-10-20)18-16(21)7-4-8-17(18)22/h4,7-8,15H,2-3,5-6,9-13H2,1H3,(H,23,26)/t15-/m0/s1. The normalized spacial score (nSPS) is 22.3. The largest absolute Gasteiger partial charge is 0.355 e. The molecule has 1 aliphatic carbocycles. The molecular weight excluding hydrogens is 338 g/mol. The molecule has 1 heterocycles. The molecule has 0 radical (unpaired) electrons. The maximum atomic E-state index is 14.4. The summed E-state index contributed by atoms with van der Waals surface area (Å²) in [5, 5.41) is 2.94. The van der Waals surface area contributed by atoms with Crippen LogP contribution >= 0.6 is 0 Å². The van der Waals surface area contributed by atoms with Crippen molar-refractivity contribution in [1.29, 1.82) is 0 Å². The minimum absolute atomic E-state index is 0.0248. The number of hydrogen-bond donors (Lipinski definition) is 1. The van der Waals surface area contributed by atoms with Crippen LogP contribution in [0.2, 0.25) is 0 Å². The van der Waals surface area contributed by atoms with Gasteiger partial charge in [0.15, 0.2) is 0 Å². The second kappa shape index (κ2) is 7.72. The van der Waals surface area contributed by atoms with E-state index in [4.69, 9.17) is 0 Å². The van der Waals surface area contributed by atoms with Crippen LogP contribution in [0.15, 0.2) is 18.2 Å². The zero-order valence-electron chi connectivity index (χ0n) is 15.2. The molecule has 6 heteroatoms. The first-order valence-corrected chi connectivity index (χ1v) is 9.41. The van der Waals surface area contributed by atoms with Gasteiger partial charge in [-0.25, -0.2) is 8.78 Å². The number of carbonyl (C=O) groups is 2. The summed E-state index contributed by atoms with van der Waals surface area (Å²) in [4.78, 5) is 25.9.